The maximum Gasteiger partial charge on any atom is 0.433 e. The molecule has 1 aromatic carbocycles. The minimum Gasteiger partial charge on any atom is -0.473 e. The summed E-state index contributed by atoms with van der Waals surface area (Å²) < 4.78 is 79.5. The van der Waals surface area contributed by atoms with E-state index in [1.54, 1.807) is 10.6 Å². The van der Waals surface area contributed by atoms with Crippen molar-refractivity contribution in [2.24, 2.45) is 0 Å². The number of rotatable bonds is 6. The van der Waals surface area contributed by atoms with Crippen LogP contribution < -0.4 is 20.1 Å². The molecular weight excluding hydrogens is 499 g/mol. The average molecular weight is 522 g/mol. The van der Waals surface area contributed by atoms with Gasteiger partial charge in [-0.05, 0) is 56.0 Å². The average Bonchev–Trinajstić information content (AvgIpc) is 3.35. The Hall–Kier alpha value is -3.70. The summed E-state index contributed by atoms with van der Waals surface area (Å²) >= 11 is 0. The smallest absolute Gasteiger partial charge is 0.433 e. The van der Waals surface area contributed by atoms with Crippen molar-refractivity contribution < 1.29 is 31.4 Å². The Labute approximate surface area is 208 Å². The quantitative estimate of drug-likeness (QED) is 0.401. The summed E-state index contributed by atoms with van der Waals surface area (Å²) in [7, 11) is 0. The van der Waals surface area contributed by atoms with Gasteiger partial charge in [0, 0.05) is 12.1 Å². The van der Waals surface area contributed by atoms with Crippen LogP contribution in [0.1, 0.15) is 44.4 Å². The lowest BCUT2D eigenvalue weighted by Crippen LogP contribution is -2.43. The molecule has 2 unspecified atom stereocenters. The van der Waals surface area contributed by atoms with E-state index < -0.39 is 34.9 Å². The van der Waals surface area contributed by atoms with Gasteiger partial charge in [0.15, 0.2) is 17.4 Å². The van der Waals surface area contributed by atoms with Gasteiger partial charge in [0.05, 0.1) is 18.3 Å². The zero-order valence-electron chi connectivity index (χ0n) is 20.0. The Morgan fingerprint density at radius 2 is 1.89 bits per heavy atom. The van der Waals surface area contributed by atoms with Crippen molar-refractivity contribution in [3.63, 3.8) is 0 Å². The summed E-state index contributed by atoms with van der Waals surface area (Å²) in [5, 5.41) is 0. The van der Waals surface area contributed by atoms with Crippen LogP contribution in [0.25, 0.3) is 0 Å². The summed E-state index contributed by atoms with van der Waals surface area (Å²) in [5.41, 5.74) is -1.63. The fraction of sp³-hybridized carbons (Fsp3) is 0.400. The van der Waals surface area contributed by atoms with E-state index in [-0.39, 0.29) is 35.4 Å². The van der Waals surface area contributed by atoms with Crippen LogP contribution in [0, 0.1) is 11.6 Å². The predicted molar refractivity (Wildman–Crippen MR) is 123 cm³/mol. The van der Waals surface area contributed by atoms with Crippen LogP contribution in [0.5, 0.6) is 17.4 Å². The Kier molecular flexibility index (Phi) is 6.07. The van der Waals surface area contributed by atoms with Crippen molar-refractivity contribution in [1.82, 2.24) is 14.5 Å². The molecule has 4 heterocycles. The highest BCUT2D eigenvalue weighted by Crippen LogP contribution is 2.46. The standard InChI is InChI=1S/C25H23F5N4O3/c1-3-24-7-6-14(2)34(24)21-10-20(32-23(35)33(21)13-24)36-12-15-8-17(26)22(18(27)9-15)37-16-4-5-19(31-11-16)25(28,29)30/h4-5,8-11,14H,3,6-7,12-13H2,1-2H3. The number of hydrogen-bond acceptors (Lipinski definition) is 6. The molecule has 3 aromatic rings. The number of ether oxygens (including phenoxy) is 2. The number of aromatic nitrogens is 3. The third-order valence-electron chi connectivity index (χ3n) is 6.99. The molecule has 12 heteroatoms. The van der Waals surface area contributed by atoms with Crippen molar-refractivity contribution in [3.8, 4) is 17.4 Å². The first-order chi connectivity index (χ1) is 17.5. The molecule has 0 saturated carbocycles. The maximum absolute atomic E-state index is 14.6. The third kappa shape index (κ3) is 4.49. The van der Waals surface area contributed by atoms with Crippen LogP contribution in [0.2, 0.25) is 0 Å². The van der Waals surface area contributed by atoms with Gasteiger partial charge in [0.1, 0.15) is 23.9 Å². The van der Waals surface area contributed by atoms with Gasteiger partial charge in [0.25, 0.3) is 0 Å². The van der Waals surface area contributed by atoms with Crippen molar-refractivity contribution in [2.45, 2.75) is 64.0 Å². The van der Waals surface area contributed by atoms with Gasteiger partial charge in [-0.15, -0.1) is 0 Å². The molecule has 0 bridgehead atoms. The Balaban J connectivity index is 1.32. The number of fused-ring (bicyclic) bond motifs is 3. The van der Waals surface area contributed by atoms with E-state index in [1.165, 1.54) is 0 Å². The highest BCUT2D eigenvalue weighted by atomic mass is 19.4. The summed E-state index contributed by atoms with van der Waals surface area (Å²) in [6.07, 6.45) is -1.06. The van der Waals surface area contributed by atoms with E-state index in [4.69, 9.17) is 9.47 Å². The van der Waals surface area contributed by atoms with Crippen molar-refractivity contribution in [3.05, 3.63) is 69.9 Å². The summed E-state index contributed by atoms with van der Waals surface area (Å²) in [4.78, 5) is 22.1. The molecule has 0 aliphatic carbocycles. The fourth-order valence-electron chi connectivity index (χ4n) is 5.14. The van der Waals surface area contributed by atoms with Gasteiger partial charge >= 0.3 is 11.9 Å². The number of halogens is 5. The number of benzene rings is 1. The van der Waals surface area contributed by atoms with Gasteiger partial charge in [-0.25, -0.2) is 18.6 Å². The van der Waals surface area contributed by atoms with Crippen LogP contribution in [-0.4, -0.2) is 26.1 Å². The molecule has 2 aromatic heterocycles. The maximum atomic E-state index is 14.6. The monoisotopic (exact) mass is 522 g/mol. The van der Waals surface area contributed by atoms with E-state index in [2.05, 4.69) is 28.7 Å². The first-order valence-electron chi connectivity index (χ1n) is 11.7. The van der Waals surface area contributed by atoms with Crippen molar-refractivity contribution in [2.75, 3.05) is 4.90 Å². The zero-order valence-corrected chi connectivity index (χ0v) is 20.0. The second kappa shape index (κ2) is 9.00. The lowest BCUT2D eigenvalue weighted by atomic mass is 9.94. The van der Waals surface area contributed by atoms with Gasteiger partial charge in [-0.2, -0.15) is 18.2 Å². The van der Waals surface area contributed by atoms with E-state index in [9.17, 15) is 26.7 Å². The number of pyridine rings is 1. The Bertz CT molecular complexity index is 1370. The molecule has 5 rings (SSSR count). The van der Waals surface area contributed by atoms with Crippen LogP contribution >= 0.6 is 0 Å². The molecule has 7 nitrogen and oxygen atoms in total. The molecule has 2 aliphatic rings. The number of nitrogens with zero attached hydrogens (tertiary/aromatic N) is 4. The first-order valence-corrected chi connectivity index (χ1v) is 11.7. The highest BCUT2D eigenvalue weighted by molar-refractivity contribution is 5.52. The van der Waals surface area contributed by atoms with Gasteiger partial charge in [-0.1, -0.05) is 6.92 Å². The molecule has 2 atom stereocenters. The largest absolute Gasteiger partial charge is 0.473 e. The normalized spacial score (nSPS) is 20.6. The van der Waals surface area contributed by atoms with Crippen LogP contribution in [-0.2, 0) is 19.3 Å². The molecule has 0 radical (unpaired) electrons. The van der Waals surface area contributed by atoms with E-state index in [1.807, 2.05) is 0 Å². The molecule has 1 fully saturated rings. The highest BCUT2D eigenvalue weighted by Gasteiger charge is 2.49. The molecule has 2 aliphatic heterocycles. The van der Waals surface area contributed by atoms with Crippen molar-refractivity contribution in [1.29, 1.82) is 0 Å². The van der Waals surface area contributed by atoms with E-state index in [0.717, 1.165) is 43.7 Å². The Morgan fingerprint density at radius 1 is 1.16 bits per heavy atom. The molecule has 196 valence electrons. The van der Waals surface area contributed by atoms with E-state index >= 15 is 0 Å². The third-order valence-corrected chi connectivity index (χ3v) is 6.99. The van der Waals surface area contributed by atoms with Crippen LogP contribution in [0.15, 0.2) is 41.3 Å². The van der Waals surface area contributed by atoms with Crippen LogP contribution in [0.4, 0.5) is 27.8 Å². The predicted octanol–water partition coefficient (Wildman–Crippen LogP) is 5.46. The lowest BCUT2D eigenvalue weighted by Gasteiger charge is -2.34. The summed E-state index contributed by atoms with van der Waals surface area (Å²) in [5.74, 6) is -2.47. The molecule has 0 N–H and O–H groups in total. The minimum absolute atomic E-state index is 0.0409. The van der Waals surface area contributed by atoms with Crippen molar-refractivity contribution >= 4 is 5.82 Å². The lowest BCUT2D eigenvalue weighted by molar-refractivity contribution is -0.141. The van der Waals surface area contributed by atoms with Gasteiger partial charge < -0.3 is 14.4 Å². The number of hydrogen-bond donors (Lipinski definition) is 0. The molecule has 0 amide bonds. The molecule has 1 saturated heterocycles. The number of anilines is 1. The SMILES string of the molecule is CCC12CCC(C)N1c1cc(OCc3cc(F)c(Oc4ccc(C(F)(F)F)nc4)c(F)c3)nc(=O)n1C2. The summed E-state index contributed by atoms with van der Waals surface area (Å²) in [6.45, 7) is 4.48. The summed E-state index contributed by atoms with van der Waals surface area (Å²) in [6, 6.07) is 5.42. The second-order valence-electron chi connectivity index (χ2n) is 9.31. The molecular formula is C25H23F5N4O3. The minimum atomic E-state index is -4.65. The van der Waals surface area contributed by atoms with Crippen LogP contribution in [0.3, 0.4) is 0 Å². The van der Waals surface area contributed by atoms with E-state index in [0.29, 0.717) is 18.4 Å². The Morgan fingerprint density at radius 3 is 2.51 bits per heavy atom. The second-order valence-corrected chi connectivity index (χ2v) is 9.31. The molecule has 37 heavy (non-hydrogen) atoms. The zero-order chi connectivity index (χ0) is 26.5. The van der Waals surface area contributed by atoms with Gasteiger partial charge in [0.2, 0.25) is 5.88 Å². The first kappa shape index (κ1) is 25.0. The van der Waals surface area contributed by atoms with Gasteiger partial charge in [-0.3, -0.25) is 4.57 Å². The fourth-order valence-corrected chi connectivity index (χ4v) is 5.14. The topological polar surface area (TPSA) is 69.5 Å². The molecule has 0 spiro atoms. The number of alkyl halides is 3.